The van der Waals surface area contributed by atoms with Crippen molar-refractivity contribution in [3.05, 3.63) is 17.3 Å². The second-order valence-electron chi connectivity index (χ2n) is 5.65. The minimum absolute atomic E-state index is 0.718. The molecule has 21 heavy (non-hydrogen) atoms. The summed E-state index contributed by atoms with van der Waals surface area (Å²) in [6, 6.07) is 0. The van der Waals surface area contributed by atoms with Gasteiger partial charge < -0.3 is 15.0 Å². The minimum Gasteiger partial charge on any atom is -0.381 e. The van der Waals surface area contributed by atoms with E-state index in [9.17, 15) is 0 Å². The molecule has 0 unspecified atom stereocenters. The minimum atomic E-state index is 0.718. The van der Waals surface area contributed by atoms with Crippen LogP contribution >= 0.6 is 11.3 Å². The number of imidazole rings is 1. The van der Waals surface area contributed by atoms with Crippen molar-refractivity contribution in [3.8, 4) is 0 Å². The summed E-state index contributed by atoms with van der Waals surface area (Å²) in [5.74, 6) is 1.84. The summed E-state index contributed by atoms with van der Waals surface area (Å²) in [6.45, 7) is 6.84. The topological polar surface area (TPSA) is 41.8 Å². The van der Waals surface area contributed by atoms with Gasteiger partial charge in [-0.15, -0.1) is 11.3 Å². The second kappa shape index (κ2) is 6.77. The maximum atomic E-state index is 5.45. The number of aromatic nitrogens is 2. The Kier molecular flexibility index (Phi) is 4.77. The summed E-state index contributed by atoms with van der Waals surface area (Å²) in [5.41, 5.74) is 1.27. The van der Waals surface area contributed by atoms with Crippen LogP contribution in [-0.4, -0.2) is 42.7 Å². The summed E-state index contributed by atoms with van der Waals surface area (Å²) in [4.78, 5) is 8.23. The van der Waals surface area contributed by atoms with E-state index in [4.69, 9.17) is 9.72 Å². The molecule has 0 spiro atoms. The van der Waals surface area contributed by atoms with Crippen LogP contribution in [0.5, 0.6) is 0 Å². The van der Waals surface area contributed by atoms with Crippen molar-refractivity contribution in [1.29, 1.82) is 0 Å². The molecule has 6 heteroatoms. The highest BCUT2D eigenvalue weighted by Crippen LogP contribution is 2.26. The van der Waals surface area contributed by atoms with Crippen molar-refractivity contribution in [2.45, 2.75) is 26.3 Å². The largest absolute Gasteiger partial charge is 0.381 e. The summed E-state index contributed by atoms with van der Waals surface area (Å²) in [7, 11) is 2.16. The van der Waals surface area contributed by atoms with Gasteiger partial charge in [0.2, 0.25) is 0 Å². The van der Waals surface area contributed by atoms with Gasteiger partial charge in [-0.2, -0.15) is 0 Å². The molecule has 1 saturated heterocycles. The van der Waals surface area contributed by atoms with Crippen molar-refractivity contribution in [1.82, 2.24) is 14.7 Å². The highest BCUT2D eigenvalue weighted by atomic mass is 32.1. The Morgan fingerprint density at radius 3 is 3.05 bits per heavy atom. The monoisotopic (exact) mass is 308 g/mol. The van der Waals surface area contributed by atoms with Gasteiger partial charge in [0.05, 0.1) is 5.69 Å². The van der Waals surface area contributed by atoms with Crippen molar-refractivity contribution >= 4 is 22.1 Å². The molecule has 0 aromatic carbocycles. The van der Waals surface area contributed by atoms with Crippen LogP contribution in [-0.2, 0) is 11.3 Å². The SMILES string of the molecule is CCNCc1c(N(C)CC2CCOCC2)nc2sccn12. The van der Waals surface area contributed by atoms with Gasteiger partial charge >= 0.3 is 0 Å². The van der Waals surface area contributed by atoms with E-state index in [0.717, 1.165) is 62.4 Å². The third-order valence-corrected chi connectivity index (χ3v) is 4.87. The van der Waals surface area contributed by atoms with Crippen LogP contribution in [0.25, 0.3) is 4.96 Å². The van der Waals surface area contributed by atoms with E-state index < -0.39 is 0 Å². The molecule has 0 aliphatic carbocycles. The number of hydrogen-bond donors (Lipinski definition) is 1. The maximum Gasteiger partial charge on any atom is 0.195 e. The zero-order valence-corrected chi connectivity index (χ0v) is 13.7. The first kappa shape index (κ1) is 14.8. The third kappa shape index (κ3) is 3.22. The van der Waals surface area contributed by atoms with Gasteiger partial charge in [-0.25, -0.2) is 4.98 Å². The highest BCUT2D eigenvalue weighted by Gasteiger charge is 2.20. The molecule has 1 fully saturated rings. The molecule has 0 atom stereocenters. The van der Waals surface area contributed by atoms with Crippen molar-refractivity contribution in [2.24, 2.45) is 5.92 Å². The fraction of sp³-hybridized carbons (Fsp3) is 0.667. The van der Waals surface area contributed by atoms with E-state index in [2.05, 4.69) is 40.2 Å². The standard InChI is InChI=1S/C15H24N4OS/c1-3-16-10-13-14(17-15-19(13)6-9-21-15)18(2)11-12-4-7-20-8-5-12/h6,9,12,16H,3-5,7-8,10-11H2,1-2H3. The van der Waals surface area contributed by atoms with Crippen LogP contribution in [0.2, 0.25) is 0 Å². The first-order valence-electron chi connectivity index (χ1n) is 7.73. The second-order valence-corrected chi connectivity index (χ2v) is 6.53. The van der Waals surface area contributed by atoms with Crippen molar-refractivity contribution in [2.75, 3.05) is 38.3 Å². The van der Waals surface area contributed by atoms with Crippen LogP contribution in [0.3, 0.4) is 0 Å². The van der Waals surface area contributed by atoms with Crippen LogP contribution in [0.15, 0.2) is 11.6 Å². The molecule has 116 valence electrons. The zero-order chi connectivity index (χ0) is 14.7. The van der Waals surface area contributed by atoms with E-state index >= 15 is 0 Å². The maximum absolute atomic E-state index is 5.45. The van der Waals surface area contributed by atoms with Crippen LogP contribution < -0.4 is 10.2 Å². The fourth-order valence-electron chi connectivity index (χ4n) is 2.94. The zero-order valence-electron chi connectivity index (χ0n) is 12.8. The van der Waals surface area contributed by atoms with Crippen molar-refractivity contribution < 1.29 is 4.74 Å². The van der Waals surface area contributed by atoms with E-state index in [1.54, 1.807) is 11.3 Å². The Balaban J connectivity index is 1.78. The van der Waals surface area contributed by atoms with Gasteiger partial charge in [0.25, 0.3) is 0 Å². The summed E-state index contributed by atoms with van der Waals surface area (Å²) >= 11 is 1.70. The molecule has 1 aliphatic heterocycles. The molecule has 0 amide bonds. The van der Waals surface area contributed by atoms with Gasteiger partial charge in [-0.05, 0) is 25.3 Å². The lowest BCUT2D eigenvalue weighted by atomic mass is 10.00. The van der Waals surface area contributed by atoms with Gasteiger partial charge in [0, 0.05) is 44.9 Å². The fourth-order valence-corrected chi connectivity index (χ4v) is 3.67. The molecule has 2 aromatic heterocycles. The molecular formula is C15H24N4OS. The van der Waals surface area contributed by atoms with Crippen LogP contribution in [0.4, 0.5) is 5.82 Å². The summed E-state index contributed by atoms with van der Waals surface area (Å²) in [5, 5.41) is 5.53. The van der Waals surface area contributed by atoms with Gasteiger partial charge in [-0.3, -0.25) is 4.40 Å². The number of hydrogen-bond acceptors (Lipinski definition) is 5. The lowest BCUT2D eigenvalue weighted by molar-refractivity contribution is 0.0685. The Hall–Kier alpha value is -1.11. The van der Waals surface area contributed by atoms with E-state index in [-0.39, 0.29) is 0 Å². The van der Waals surface area contributed by atoms with Gasteiger partial charge in [-0.1, -0.05) is 6.92 Å². The number of nitrogens with one attached hydrogen (secondary N) is 1. The first-order valence-corrected chi connectivity index (χ1v) is 8.61. The Morgan fingerprint density at radius 2 is 2.29 bits per heavy atom. The average Bonchev–Trinajstić information content (AvgIpc) is 3.07. The van der Waals surface area contributed by atoms with E-state index in [1.807, 2.05) is 0 Å². The number of ether oxygens (including phenoxy) is 1. The Bertz CT molecular complexity index is 573. The van der Waals surface area contributed by atoms with E-state index in [0.29, 0.717) is 0 Å². The summed E-state index contributed by atoms with van der Waals surface area (Å²) < 4.78 is 7.66. The molecule has 2 aromatic rings. The van der Waals surface area contributed by atoms with Gasteiger partial charge in [0.15, 0.2) is 10.8 Å². The number of anilines is 1. The average molecular weight is 308 g/mol. The van der Waals surface area contributed by atoms with Crippen LogP contribution in [0.1, 0.15) is 25.5 Å². The third-order valence-electron chi connectivity index (χ3n) is 4.12. The lowest BCUT2D eigenvalue weighted by Crippen LogP contribution is -2.30. The van der Waals surface area contributed by atoms with Crippen LogP contribution in [0, 0.1) is 5.92 Å². The predicted molar refractivity (Wildman–Crippen MR) is 87.3 cm³/mol. The smallest absolute Gasteiger partial charge is 0.195 e. The summed E-state index contributed by atoms with van der Waals surface area (Å²) in [6.07, 6.45) is 4.44. The quantitative estimate of drug-likeness (QED) is 0.889. The molecule has 0 radical (unpaired) electrons. The Morgan fingerprint density at radius 1 is 1.48 bits per heavy atom. The molecule has 3 rings (SSSR count). The van der Waals surface area contributed by atoms with Crippen molar-refractivity contribution in [3.63, 3.8) is 0 Å². The number of fused-ring (bicyclic) bond motifs is 1. The number of thiazole rings is 1. The van der Waals surface area contributed by atoms with E-state index in [1.165, 1.54) is 5.69 Å². The molecule has 0 saturated carbocycles. The molecule has 1 N–H and O–H groups in total. The Labute approximate surface area is 129 Å². The number of rotatable bonds is 6. The van der Waals surface area contributed by atoms with Gasteiger partial charge in [0.1, 0.15) is 0 Å². The normalized spacial score (nSPS) is 16.7. The highest BCUT2D eigenvalue weighted by molar-refractivity contribution is 7.15. The molecular weight excluding hydrogens is 284 g/mol. The lowest BCUT2D eigenvalue weighted by Gasteiger charge is -2.27. The molecule has 5 nitrogen and oxygen atoms in total. The first-order chi connectivity index (χ1) is 10.3. The molecule has 0 bridgehead atoms. The predicted octanol–water partition coefficient (Wildman–Crippen LogP) is 2.37. The molecule has 1 aliphatic rings. The number of nitrogens with zero attached hydrogens (tertiary/aromatic N) is 3. The molecule has 3 heterocycles.